The minimum Gasteiger partial charge on any atom is -0.490 e. The van der Waals surface area contributed by atoms with E-state index in [4.69, 9.17) is 9.47 Å². The van der Waals surface area contributed by atoms with E-state index in [1.165, 1.54) is 16.4 Å². The predicted octanol–water partition coefficient (Wildman–Crippen LogP) is 6.49. The van der Waals surface area contributed by atoms with E-state index >= 15 is 0 Å². The molecule has 1 amide bonds. The van der Waals surface area contributed by atoms with Crippen LogP contribution in [-0.4, -0.2) is 55.3 Å². The van der Waals surface area contributed by atoms with Crippen LogP contribution in [0.5, 0.6) is 23.0 Å². The quantitative estimate of drug-likeness (QED) is 0.185. The summed E-state index contributed by atoms with van der Waals surface area (Å²) in [6.07, 6.45) is -4.23. The maximum Gasteiger partial charge on any atom is 0.573 e. The molecule has 1 heterocycles. The predicted molar refractivity (Wildman–Crippen MR) is 164 cm³/mol. The molecule has 14 heteroatoms. The first-order chi connectivity index (χ1) is 22.4. The van der Waals surface area contributed by atoms with Gasteiger partial charge in [0.1, 0.15) is 29.1 Å². The lowest BCUT2D eigenvalue weighted by atomic mass is 10.1. The molecule has 0 spiro atoms. The van der Waals surface area contributed by atoms with Crippen molar-refractivity contribution in [3.05, 3.63) is 108 Å². The Bertz CT molecular complexity index is 1810. The van der Waals surface area contributed by atoms with Crippen LogP contribution in [-0.2, 0) is 21.2 Å². The lowest BCUT2D eigenvalue weighted by molar-refractivity contribution is -0.274. The Morgan fingerprint density at radius 2 is 1.36 bits per heavy atom. The molecule has 0 radical (unpaired) electrons. The number of alkyl halides is 3. The lowest BCUT2D eigenvalue weighted by Crippen LogP contribution is -2.41. The van der Waals surface area contributed by atoms with Crippen LogP contribution in [0.1, 0.15) is 28.8 Å². The van der Waals surface area contributed by atoms with Crippen LogP contribution >= 0.6 is 0 Å². The van der Waals surface area contributed by atoms with E-state index in [1.807, 2.05) is 0 Å². The number of hydrogen-bond donors (Lipinski definition) is 2. The molecule has 10 nitrogen and oxygen atoms in total. The summed E-state index contributed by atoms with van der Waals surface area (Å²) in [6, 6.07) is 24.1. The number of carboxylic acids is 1. The highest BCUT2D eigenvalue weighted by atomic mass is 32.2. The molecular formula is C33H29F3N2O8S. The average molecular weight is 671 g/mol. The largest absolute Gasteiger partial charge is 0.573 e. The molecule has 4 aromatic carbocycles. The van der Waals surface area contributed by atoms with Crippen molar-refractivity contribution in [3.8, 4) is 23.0 Å². The van der Waals surface area contributed by atoms with Crippen LogP contribution < -0.4 is 19.5 Å². The third-order valence-corrected chi connectivity index (χ3v) is 9.09. The summed E-state index contributed by atoms with van der Waals surface area (Å²) < 4.78 is 80.1. The van der Waals surface area contributed by atoms with Gasteiger partial charge in [-0.1, -0.05) is 24.3 Å². The Hall–Kier alpha value is -5.08. The molecule has 0 aliphatic carbocycles. The molecule has 0 unspecified atom stereocenters. The number of carbonyl (C=O) groups excluding carboxylic acids is 1. The van der Waals surface area contributed by atoms with E-state index in [0.29, 0.717) is 35.7 Å². The van der Waals surface area contributed by atoms with Gasteiger partial charge in [-0.2, -0.15) is 4.31 Å². The second-order valence-corrected chi connectivity index (χ2v) is 12.5. The van der Waals surface area contributed by atoms with Gasteiger partial charge >= 0.3 is 12.3 Å². The van der Waals surface area contributed by atoms with E-state index in [2.05, 4.69) is 10.1 Å². The molecule has 1 aliphatic rings. The Morgan fingerprint density at radius 1 is 0.809 bits per heavy atom. The van der Waals surface area contributed by atoms with Crippen molar-refractivity contribution in [1.29, 1.82) is 0 Å². The number of anilines is 1. The fraction of sp³-hybridized carbons (Fsp3) is 0.212. The topological polar surface area (TPSA) is 131 Å². The molecule has 0 aromatic heterocycles. The number of para-hydroxylation sites is 1. The number of sulfonamides is 1. The normalized spacial score (nSPS) is 14.3. The maximum atomic E-state index is 13.0. The second kappa shape index (κ2) is 14.1. The van der Waals surface area contributed by atoms with Crippen molar-refractivity contribution < 1.29 is 50.5 Å². The van der Waals surface area contributed by atoms with Crippen LogP contribution in [0.4, 0.5) is 18.9 Å². The van der Waals surface area contributed by atoms with E-state index in [9.17, 15) is 36.3 Å². The number of piperidine rings is 1. The minimum atomic E-state index is -4.87. The van der Waals surface area contributed by atoms with E-state index in [-0.39, 0.29) is 47.7 Å². The van der Waals surface area contributed by atoms with Crippen molar-refractivity contribution in [2.24, 2.45) is 0 Å². The van der Waals surface area contributed by atoms with Crippen molar-refractivity contribution in [1.82, 2.24) is 4.31 Å². The third-order valence-electron chi connectivity index (χ3n) is 7.18. The van der Waals surface area contributed by atoms with Crippen molar-refractivity contribution in [2.45, 2.75) is 36.6 Å². The van der Waals surface area contributed by atoms with Gasteiger partial charge in [-0.15, -0.1) is 13.2 Å². The summed E-state index contributed by atoms with van der Waals surface area (Å²) in [4.78, 5) is 23.7. The molecule has 0 bridgehead atoms. The molecule has 5 rings (SSSR count). The number of benzene rings is 4. The van der Waals surface area contributed by atoms with E-state index in [0.717, 1.165) is 24.3 Å². The van der Waals surface area contributed by atoms with Gasteiger partial charge in [-0.05, 0) is 91.2 Å². The average Bonchev–Trinajstić information content (AvgIpc) is 3.03. The van der Waals surface area contributed by atoms with Gasteiger partial charge in [0.15, 0.2) is 0 Å². The number of nitrogens with one attached hydrogen (secondary N) is 1. The molecular weight excluding hydrogens is 641 g/mol. The molecule has 1 fully saturated rings. The first-order valence-corrected chi connectivity index (χ1v) is 15.8. The smallest absolute Gasteiger partial charge is 0.490 e. The zero-order valence-corrected chi connectivity index (χ0v) is 25.5. The number of halogens is 3. The van der Waals surface area contributed by atoms with Crippen LogP contribution in [0.3, 0.4) is 0 Å². The van der Waals surface area contributed by atoms with Gasteiger partial charge in [0.05, 0.1) is 22.6 Å². The van der Waals surface area contributed by atoms with Crippen LogP contribution in [0, 0.1) is 0 Å². The minimum absolute atomic E-state index is 0.00525. The number of carbonyl (C=O) groups is 2. The summed E-state index contributed by atoms with van der Waals surface area (Å²) >= 11 is 0. The highest BCUT2D eigenvalue weighted by Gasteiger charge is 2.33. The van der Waals surface area contributed by atoms with Crippen LogP contribution in [0.15, 0.2) is 102 Å². The summed E-state index contributed by atoms with van der Waals surface area (Å²) in [5.41, 5.74) is 0.936. The molecule has 0 saturated carbocycles. The SMILES string of the molecule is O=C(Cc1ccc(Oc2ccc(OC3CCN(S(=O)(=O)c4ccc(OC(F)(F)F)cc4)CC3)cc2)cc1)Nc1ccccc1C(=O)O. The standard InChI is InChI=1S/C33H29F3N2O8S/c34-33(35,36)46-27-13-15-28(16-14-27)47(42,43)38-19-17-26(18-20-38)45-25-11-9-24(10-12-25)44-23-7-5-22(6-8-23)21-31(39)37-30-4-2-1-3-29(30)32(40)41/h1-16,26H,17-21H2,(H,37,39)(H,40,41). The number of amides is 1. The molecule has 246 valence electrons. The molecule has 4 aromatic rings. The van der Waals surface area contributed by atoms with Gasteiger partial charge in [0, 0.05) is 13.1 Å². The molecule has 1 aliphatic heterocycles. The van der Waals surface area contributed by atoms with E-state index < -0.39 is 28.1 Å². The van der Waals surface area contributed by atoms with Gasteiger partial charge in [0.25, 0.3) is 0 Å². The van der Waals surface area contributed by atoms with Crippen LogP contribution in [0.2, 0.25) is 0 Å². The zero-order valence-electron chi connectivity index (χ0n) is 24.6. The van der Waals surface area contributed by atoms with Gasteiger partial charge in [-0.25, -0.2) is 13.2 Å². The fourth-order valence-electron chi connectivity index (χ4n) is 4.90. The van der Waals surface area contributed by atoms with E-state index in [1.54, 1.807) is 60.7 Å². The summed E-state index contributed by atoms with van der Waals surface area (Å²) in [5, 5.41) is 11.9. The molecule has 2 N–H and O–H groups in total. The Kier molecular flexibility index (Phi) is 10.0. The highest BCUT2D eigenvalue weighted by molar-refractivity contribution is 7.89. The molecule has 1 saturated heterocycles. The highest BCUT2D eigenvalue weighted by Crippen LogP contribution is 2.29. The van der Waals surface area contributed by atoms with Gasteiger partial charge in [-0.3, -0.25) is 4.79 Å². The number of nitrogens with zero attached hydrogens (tertiary/aromatic N) is 1. The first-order valence-electron chi connectivity index (χ1n) is 14.4. The Balaban J connectivity index is 1.08. The zero-order chi connectivity index (χ0) is 33.6. The number of rotatable bonds is 11. The molecule has 0 atom stereocenters. The van der Waals surface area contributed by atoms with Gasteiger partial charge in [0.2, 0.25) is 15.9 Å². The third kappa shape index (κ3) is 9.01. The Labute approximate surface area is 268 Å². The Morgan fingerprint density at radius 3 is 1.96 bits per heavy atom. The lowest BCUT2D eigenvalue weighted by Gasteiger charge is -2.31. The molecule has 47 heavy (non-hydrogen) atoms. The summed E-state index contributed by atoms with van der Waals surface area (Å²) in [6.45, 7) is 0.366. The second-order valence-electron chi connectivity index (χ2n) is 10.5. The monoisotopic (exact) mass is 670 g/mol. The van der Waals surface area contributed by atoms with Crippen LogP contribution in [0.25, 0.3) is 0 Å². The number of hydrogen-bond acceptors (Lipinski definition) is 7. The fourth-order valence-corrected chi connectivity index (χ4v) is 6.37. The summed E-state index contributed by atoms with van der Waals surface area (Å²) in [7, 11) is -3.90. The maximum absolute atomic E-state index is 13.0. The van der Waals surface area contributed by atoms with Crippen molar-refractivity contribution >= 4 is 27.6 Å². The number of ether oxygens (including phenoxy) is 3. The number of aromatic carboxylic acids is 1. The summed E-state index contributed by atoms with van der Waals surface area (Å²) in [5.74, 6) is -0.339. The number of carboxylic acid groups (broad SMARTS) is 1. The van der Waals surface area contributed by atoms with Crippen molar-refractivity contribution in [2.75, 3.05) is 18.4 Å². The first kappa shape index (κ1) is 33.3. The van der Waals surface area contributed by atoms with Gasteiger partial charge < -0.3 is 24.6 Å². The van der Waals surface area contributed by atoms with Crippen molar-refractivity contribution in [3.63, 3.8) is 0 Å².